The van der Waals surface area contributed by atoms with Crippen LogP contribution in [0.25, 0.3) is 0 Å². The highest BCUT2D eigenvalue weighted by molar-refractivity contribution is 7.89. The van der Waals surface area contributed by atoms with Gasteiger partial charge in [-0.05, 0) is 48.9 Å². The van der Waals surface area contributed by atoms with E-state index in [0.29, 0.717) is 18.0 Å². The number of carbonyl (C=O) groups is 2. The zero-order valence-electron chi connectivity index (χ0n) is 18.1. The van der Waals surface area contributed by atoms with Crippen molar-refractivity contribution >= 4 is 27.5 Å². The Bertz CT molecular complexity index is 1210. The quantitative estimate of drug-likeness (QED) is 0.528. The molecule has 9 heteroatoms. The summed E-state index contributed by atoms with van der Waals surface area (Å²) in [5.74, 6) is -0.292. The standard InChI is InChI=1S/C24H25N3O5S/c1-17(18-6-3-2-4-7-18)27-16-19(14-23(27)28)24(29)26-20-9-11-22(12-10-20)33(30,31)25-15-21-8-5-13-32-21/h2-13,17,19,25H,14-16H2,1H3,(H,26,29)/t17-,19-/m1/s1. The highest BCUT2D eigenvalue weighted by atomic mass is 32.2. The van der Waals surface area contributed by atoms with Crippen molar-refractivity contribution in [3.63, 3.8) is 0 Å². The van der Waals surface area contributed by atoms with Gasteiger partial charge >= 0.3 is 0 Å². The molecule has 1 fully saturated rings. The molecule has 4 rings (SSSR count). The maximum absolute atomic E-state index is 12.7. The third-order valence-corrected chi connectivity index (χ3v) is 7.14. The highest BCUT2D eigenvalue weighted by Crippen LogP contribution is 2.29. The summed E-state index contributed by atoms with van der Waals surface area (Å²) in [6.45, 7) is 2.33. The normalized spacial score (nSPS) is 17.2. The van der Waals surface area contributed by atoms with Crippen molar-refractivity contribution in [3.05, 3.63) is 84.3 Å². The molecule has 1 aliphatic heterocycles. The van der Waals surface area contributed by atoms with Gasteiger partial charge in [0.15, 0.2) is 0 Å². The Balaban J connectivity index is 1.35. The number of sulfonamides is 1. The fraction of sp³-hybridized carbons (Fsp3) is 0.250. The van der Waals surface area contributed by atoms with Crippen LogP contribution < -0.4 is 10.0 Å². The summed E-state index contributed by atoms with van der Waals surface area (Å²) in [6, 6.07) is 18.8. The molecule has 0 radical (unpaired) electrons. The van der Waals surface area contributed by atoms with Crippen molar-refractivity contribution in [2.75, 3.05) is 11.9 Å². The molecule has 2 heterocycles. The number of furan rings is 1. The van der Waals surface area contributed by atoms with Crippen molar-refractivity contribution in [1.29, 1.82) is 0 Å². The molecule has 1 saturated heterocycles. The molecule has 8 nitrogen and oxygen atoms in total. The summed E-state index contributed by atoms with van der Waals surface area (Å²) in [6.07, 6.45) is 1.62. The van der Waals surface area contributed by atoms with Crippen LogP contribution in [0.2, 0.25) is 0 Å². The van der Waals surface area contributed by atoms with Crippen molar-refractivity contribution in [2.45, 2.75) is 30.8 Å². The lowest BCUT2D eigenvalue weighted by molar-refractivity contribution is -0.129. The van der Waals surface area contributed by atoms with E-state index in [1.807, 2.05) is 37.3 Å². The molecular formula is C24H25N3O5S. The lowest BCUT2D eigenvalue weighted by Gasteiger charge is -2.25. The summed E-state index contributed by atoms with van der Waals surface area (Å²) in [5, 5.41) is 2.79. The first-order valence-corrected chi connectivity index (χ1v) is 12.1. The third kappa shape index (κ3) is 5.32. The predicted octanol–water partition coefficient (Wildman–Crippen LogP) is 3.31. The van der Waals surface area contributed by atoms with Crippen LogP contribution in [0.3, 0.4) is 0 Å². The average Bonchev–Trinajstić information content (AvgIpc) is 3.48. The smallest absolute Gasteiger partial charge is 0.240 e. The average molecular weight is 468 g/mol. The second-order valence-electron chi connectivity index (χ2n) is 7.95. The van der Waals surface area contributed by atoms with Crippen molar-refractivity contribution in [3.8, 4) is 0 Å². The summed E-state index contributed by atoms with van der Waals surface area (Å²) in [5.41, 5.74) is 1.48. The van der Waals surface area contributed by atoms with Crippen LogP contribution in [0.1, 0.15) is 30.7 Å². The Morgan fingerprint density at radius 3 is 2.48 bits per heavy atom. The number of hydrogen-bond acceptors (Lipinski definition) is 5. The lowest BCUT2D eigenvalue weighted by atomic mass is 10.1. The van der Waals surface area contributed by atoms with Gasteiger partial charge in [0.25, 0.3) is 0 Å². The molecule has 0 spiro atoms. The Morgan fingerprint density at radius 2 is 1.82 bits per heavy atom. The van der Waals surface area contributed by atoms with Gasteiger partial charge in [0.2, 0.25) is 21.8 Å². The number of benzene rings is 2. The number of hydrogen-bond donors (Lipinski definition) is 2. The molecule has 0 saturated carbocycles. The Labute approximate surface area is 192 Å². The first kappa shape index (κ1) is 22.8. The van der Waals surface area contributed by atoms with E-state index in [9.17, 15) is 18.0 Å². The first-order valence-electron chi connectivity index (χ1n) is 10.6. The van der Waals surface area contributed by atoms with Crippen LogP contribution >= 0.6 is 0 Å². The molecule has 0 bridgehead atoms. The van der Waals surface area contributed by atoms with Gasteiger partial charge in [-0.15, -0.1) is 0 Å². The van der Waals surface area contributed by atoms with Crippen LogP contribution in [0, 0.1) is 5.92 Å². The molecule has 0 aliphatic carbocycles. The monoisotopic (exact) mass is 467 g/mol. The molecule has 2 N–H and O–H groups in total. The number of likely N-dealkylation sites (tertiary alicyclic amines) is 1. The Hall–Kier alpha value is -3.43. The van der Waals surface area contributed by atoms with Crippen molar-refractivity contribution in [1.82, 2.24) is 9.62 Å². The zero-order valence-corrected chi connectivity index (χ0v) is 18.9. The number of nitrogens with zero attached hydrogens (tertiary/aromatic N) is 1. The zero-order chi connectivity index (χ0) is 23.4. The molecule has 2 amide bonds. The number of anilines is 1. The Morgan fingerprint density at radius 1 is 1.09 bits per heavy atom. The molecule has 2 atom stereocenters. The number of amides is 2. The first-order chi connectivity index (χ1) is 15.8. The van der Waals surface area contributed by atoms with Gasteiger partial charge in [0.1, 0.15) is 5.76 Å². The topological polar surface area (TPSA) is 109 Å². The van der Waals surface area contributed by atoms with Gasteiger partial charge in [-0.2, -0.15) is 0 Å². The van der Waals surface area contributed by atoms with E-state index < -0.39 is 15.9 Å². The van der Waals surface area contributed by atoms with E-state index in [1.54, 1.807) is 17.0 Å². The number of carbonyl (C=O) groups excluding carboxylic acids is 2. The van der Waals surface area contributed by atoms with Gasteiger partial charge in [0, 0.05) is 18.7 Å². The summed E-state index contributed by atoms with van der Waals surface area (Å²) < 4.78 is 32.5. The predicted molar refractivity (Wildman–Crippen MR) is 122 cm³/mol. The van der Waals surface area contributed by atoms with Gasteiger partial charge in [-0.25, -0.2) is 13.1 Å². The summed E-state index contributed by atoms with van der Waals surface area (Å²) >= 11 is 0. The minimum Gasteiger partial charge on any atom is -0.468 e. The second kappa shape index (κ2) is 9.60. The second-order valence-corrected chi connectivity index (χ2v) is 9.72. The third-order valence-electron chi connectivity index (χ3n) is 5.73. The minimum absolute atomic E-state index is 0.0431. The highest BCUT2D eigenvalue weighted by Gasteiger charge is 2.37. The van der Waals surface area contributed by atoms with E-state index in [-0.39, 0.29) is 35.7 Å². The minimum atomic E-state index is -3.72. The van der Waals surface area contributed by atoms with Crippen LogP contribution in [-0.4, -0.2) is 31.7 Å². The molecule has 2 aromatic carbocycles. The number of rotatable bonds is 8. The molecule has 3 aromatic rings. The lowest BCUT2D eigenvalue weighted by Crippen LogP contribution is -2.30. The molecular weight excluding hydrogens is 442 g/mol. The van der Waals surface area contributed by atoms with Crippen LogP contribution in [0.4, 0.5) is 5.69 Å². The van der Waals surface area contributed by atoms with Gasteiger partial charge < -0.3 is 14.6 Å². The molecule has 1 aromatic heterocycles. The van der Waals surface area contributed by atoms with E-state index in [4.69, 9.17) is 4.42 Å². The molecule has 0 unspecified atom stereocenters. The fourth-order valence-electron chi connectivity index (χ4n) is 3.82. The summed E-state index contributed by atoms with van der Waals surface area (Å²) in [4.78, 5) is 27.1. The van der Waals surface area contributed by atoms with Gasteiger partial charge in [0.05, 0.1) is 29.7 Å². The Kier molecular flexibility index (Phi) is 6.62. The van der Waals surface area contributed by atoms with Crippen molar-refractivity contribution < 1.29 is 22.4 Å². The molecule has 33 heavy (non-hydrogen) atoms. The van der Waals surface area contributed by atoms with Gasteiger partial charge in [-0.3, -0.25) is 9.59 Å². The molecule has 1 aliphatic rings. The van der Waals surface area contributed by atoms with Crippen LogP contribution in [-0.2, 0) is 26.2 Å². The van der Waals surface area contributed by atoms with E-state index >= 15 is 0 Å². The van der Waals surface area contributed by atoms with Crippen LogP contribution in [0.15, 0.2) is 82.3 Å². The maximum atomic E-state index is 12.7. The maximum Gasteiger partial charge on any atom is 0.240 e. The fourth-order valence-corrected chi connectivity index (χ4v) is 4.81. The number of nitrogens with one attached hydrogen (secondary N) is 2. The van der Waals surface area contributed by atoms with Gasteiger partial charge in [-0.1, -0.05) is 30.3 Å². The van der Waals surface area contributed by atoms with E-state index in [2.05, 4.69) is 10.0 Å². The van der Waals surface area contributed by atoms with E-state index in [1.165, 1.54) is 30.5 Å². The van der Waals surface area contributed by atoms with E-state index in [0.717, 1.165) is 5.56 Å². The van der Waals surface area contributed by atoms with Crippen molar-refractivity contribution in [2.24, 2.45) is 5.92 Å². The summed E-state index contributed by atoms with van der Waals surface area (Å²) in [7, 11) is -3.72. The largest absolute Gasteiger partial charge is 0.468 e. The SMILES string of the molecule is C[C@H](c1ccccc1)N1C[C@H](C(=O)Nc2ccc(S(=O)(=O)NCc3ccco3)cc2)CC1=O. The van der Waals surface area contributed by atoms with Crippen LogP contribution in [0.5, 0.6) is 0 Å². The molecule has 172 valence electrons.